The standard InChI is InChI=1S/C12H14N4O/c1-8-10(9-6-4-3-5-7-9)11(14-12(13)17)16(2)15-8/h3-7H,1-2H3,(H3,13,14,17). The van der Waals surface area contributed by atoms with Crippen molar-refractivity contribution in [1.82, 2.24) is 9.78 Å². The third-order valence-corrected chi connectivity index (χ3v) is 2.53. The first-order valence-electron chi connectivity index (χ1n) is 5.25. The summed E-state index contributed by atoms with van der Waals surface area (Å²) in [6, 6.07) is 9.17. The van der Waals surface area contributed by atoms with Crippen LogP contribution in [-0.4, -0.2) is 15.8 Å². The van der Waals surface area contributed by atoms with E-state index < -0.39 is 6.03 Å². The minimum atomic E-state index is -0.592. The van der Waals surface area contributed by atoms with Gasteiger partial charge in [-0.3, -0.25) is 10.00 Å². The zero-order valence-electron chi connectivity index (χ0n) is 9.77. The van der Waals surface area contributed by atoms with Crippen LogP contribution in [0.2, 0.25) is 0 Å². The lowest BCUT2D eigenvalue weighted by Gasteiger charge is -2.06. The molecule has 5 nitrogen and oxygen atoms in total. The van der Waals surface area contributed by atoms with Crippen LogP contribution < -0.4 is 11.1 Å². The maximum Gasteiger partial charge on any atom is 0.317 e. The number of anilines is 1. The van der Waals surface area contributed by atoms with Crippen molar-refractivity contribution in [2.45, 2.75) is 6.92 Å². The molecule has 17 heavy (non-hydrogen) atoms. The fraction of sp³-hybridized carbons (Fsp3) is 0.167. The van der Waals surface area contributed by atoms with E-state index in [1.165, 1.54) is 0 Å². The van der Waals surface area contributed by atoms with Crippen LogP contribution in [0.25, 0.3) is 11.1 Å². The van der Waals surface area contributed by atoms with Gasteiger partial charge in [-0.25, -0.2) is 4.79 Å². The molecular formula is C12H14N4O. The molecule has 0 aliphatic carbocycles. The molecule has 88 valence electrons. The second-order valence-corrected chi connectivity index (χ2v) is 3.79. The summed E-state index contributed by atoms with van der Waals surface area (Å²) in [5.41, 5.74) is 7.90. The Bertz CT molecular complexity index is 545. The summed E-state index contributed by atoms with van der Waals surface area (Å²) in [6.07, 6.45) is 0. The van der Waals surface area contributed by atoms with E-state index in [9.17, 15) is 4.79 Å². The number of aromatic nitrogens is 2. The second kappa shape index (κ2) is 4.29. The molecule has 0 atom stereocenters. The van der Waals surface area contributed by atoms with Gasteiger partial charge in [-0.15, -0.1) is 0 Å². The molecule has 1 aromatic heterocycles. The molecule has 3 N–H and O–H groups in total. The van der Waals surface area contributed by atoms with E-state index in [-0.39, 0.29) is 0 Å². The number of rotatable bonds is 2. The van der Waals surface area contributed by atoms with E-state index in [0.717, 1.165) is 16.8 Å². The van der Waals surface area contributed by atoms with Gasteiger partial charge in [-0.1, -0.05) is 30.3 Å². The zero-order chi connectivity index (χ0) is 12.4. The van der Waals surface area contributed by atoms with Crippen molar-refractivity contribution in [2.24, 2.45) is 12.8 Å². The highest BCUT2D eigenvalue weighted by atomic mass is 16.2. The Morgan fingerprint density at radius 1 is 1.35 bits per heavy atom. The number of hydrogen-bond acceptors (Lipinski definition) is 2. The first-order valence-corrected chi connectivity index (χ1v) is 5.25. The normalized spacial score (nSPS) is 10.2. The van der Waals surface area contributed by atoms with Crippen LogP contribution in [0, 0.1) is 6.92 Å². The number of nitrogens with zero attached hydrogens (tertiary/aromatic N) is 2. The Kier molecular flexibility index (Phi) is 2.82. The summed E-state index contributed by atoms with van der Waals surface area (Å²) in [7, 11) is 1.77. The molecule has 0 fully saturated rings. The predicted molar refractivity (Wildman–Crippen MR) is 66.6 cm³/mol. The molecule has 2 amide bonds. The van der Waals surface area contributed by atoms with Crippen molar-refractivity contribution in [1.29, 1.82) is 0 Å². The summed E-state index contributed by atoms with van der Waals surface area (Å²) < 4.78 is 1.61. The topological polar surface area (TPSA) is 72.9 Å². The number of primary amides is 1. The molecule has 0 spiro atoms. The summed E-state index contributed by atoms with van der Waals surface area (Å²) >= 11 is 0. The van der Waals surface area contributed by atoms with Crippen molar-refractivity contribution in [3.8, 4) is 11.1 Å². The fourth-order valence-corrected chi connectivity index (χ4v) is 1.87. The third kappa shape index (κ3) is 2.13. The first-order chi connectivity index (χ1) is 8.09. The molecule has 0 aliphatic heterocycles. The lowest BCUT2D eigenvalue weighted by molar-refractivity contribution is 0.259. The second-order valence-electron chi connectivity index (χ2n) is 3.79. The van der Waals surface area contributed by atoms with Crippen molar-refractivity contribution in [3.63, 3.8) is 0 Å². The fourth-order valence-electron chi connectivity index (χ4n) is 1.87. The largest absolute Gasteiger partial charge is 0.351 e. The van der Waals surface area contributed by atoms with Gasteiger partial charge >= 0.3 is 6.03 Å². The molecule has 0 bridgehead atoms. The quantitative estimate of drug-likeness (QED) is 0.826. The first kappa shape index (κ1) is 11.2. The molecule has 2 aromatic rings. The molecular weight excluding hydrogens is 216 g/mol. The molecule has 1 heterocycles. The molecule has 0 aliphatic rings. The Morgan fingerprint density at radius 3 is 2.59 bits per heavy atom. The molecule has 0 radical (unpaired) electrons. The highest BCUT2D eigenvalue weighted by Crippen LogP contribution is 2.30. The highest BCUT2D eigenvalue weighted by Gasteiger charge is 2.15. The summed E-state index contributed by atoms with van der Waals surface area (Å²) in [5.74, 6) is 0.612. The van der Waals surface area contributed by atoms with Crippen LogP contribution in [0.15, 0.2) is 30.3 Å². The minimum Gasteiger partial charge on any atom is -0.351 e. The number of carbonyl (C=O) groups excluding carboxylic acids is 1. The van der Waals surface area contributed by atoms with Crippen LogP contribution in [0.4, 0.5) is 10.6 Å². The lowest BCUT2D eigenvalue weighted by atomic mass is 10.1. The zero-order valence-corrected chi connectivity index (χ0v) is 9.77. The number of amides is 2. The van der Waals surface area contributed by atoms with Gasteiger partial charge in [-0.05, 0) is 12.5 Å². The number of aryl methyl sites for hydroxylation is 2. The number of carbonyl (C=O) groups is 1. The average molecular weight is 230 g/mol. The van der Waals surface area contributed by atoms with Gasteiger partial charge in [0.15, 0.2) is 0 Å². The van der Waals surface area contributed by atoms with Crippen molar-refractivity contribution in [2.75, 3.05) is 5.32 Å². The Labute approximate surface area is 99.2 Å². The Balaban J connectivity index is 2.56. The van der Waals surface area contributed by atoms with Crippen LogP contribution in [0.5, 0.6) is 0 Å². The molecule has 2 rings (SSSR count). The summed E-state index contributed by atoms with van der Waals surface area (Å²) in [5, 5.41) is 6.89. The van der Waals surface area contributed by atoms with Crippen molar-refractivity contribution >= 4 is 11.8 Å². The molecule has 0 saturated heterocycles. The van der Waals surface area contributed by atoms with Gasteiger partial charge in [0.2, 0.25) is 0 Å². The molecule has 0 saturated carbocycles. The molecule has 1 aromatic carbocycles. The maximum atomic E-state index is 11.0. The van der Waals surface area contributed by atoms with Gasteiger partial charge in [0.05, 0.1) is 5.69 Å². The summed E-state index contributed by atoms with van der Waals surface area (Å²) in [4.78, 5) is 11.0. The number of benzene rings is 1. The number of hydrogen-bond donors (Lipinski definition) is 2. The van der Waals surface area contributed by atoms with Gasteiger partial charge in [0, 0.05) is 12.6 Å². The van der Waals surface area contributed by atoms with E-state index in [0.29, 0.717) is 5.82 Å². The third-order valence-electron chi connectivity index (χ3n) is 2.53. The molecule has 5 heteroatoms. The van der Waals surface area contributed by atoms with Gasteiger partial charge in [0.25, 0.3) is 0 Å². The van der Waals surface area contributed by atoms with E-state index in [4.69, 9.17) is 5.73 Å². The Morgan fingerprint density at radius 2 is 2.00 bits per heavy atom. The van der Waals surface area contributed by atoms with Crippen molar-refractivity contribution in [3.05, 3.63) is 36.0 Å². The number of urea groups is 1. The number of nitrogens with one attached hydrogen (secondary N) is 1. The average Bonchev–Trinajstić information content (AvgIpc) is 2.54. The smallest absolute Gasteiger partial charge is 0.317 e. The number of nitrogens with two attached hydrogens (primary N) is 1. The molecule has 0 unspecified atom stereocenters. The minimum absolute atomic E-state index is 0.592. The van der Waals surface area contributed by atoms with Crippen molar-refractivity contribution < 1.29 is 4.79 Å². The van der Waals surface area contributed by atoms with E-state index in [1.807, 2.05) is 37.3 Å². The summed E-state index contributed by atoms with van der Waals surface area (Å²) in [6.45, 7) is 1.90. The Hall–Kier alpha value is -2.30. The van der Waals surface area contributed by atoms with Crippen LogP contribution >= 0.6 is 0 Å². The SMILES string of the molecule is Cc1nn(C)c(NC(N)=O)c1-c1ccccc1. The van der Waals surface area contributed by atoms with Crippen LogP contribution in [0.1, 0.15) is 5.69 Å². The van der Waals surface area contributed by atoms with Gasteiger partial charge in [-0.2, -0.15) is 5.10 Å². The van der Waals surface area contributed by atoms with Gasteiger partial charge in [0.1, 0.15) is 5.82 Å². The monoisotopic (exact) mass is 230 g/mol. The predicted octanol–water partition coefficient (Wildman–Crippen LogP) is 1.89. The van der Waals surface area contributed by atoms with Crippen LogP contribution in [0.3, 0.4) is 0 Å². The highest BCUT2D eigenvalue weighted by molar-refractivity contribution is 5.92. The maximum absolute atomic E-state index is 11.0. The van der Waals surface area contributed by atoms with Gasteiger partial charge < -0.3 is 5.73 Å². The van der Waals surface area contributed by atoms with E-state index >= 15 is 0 Å². The lowest BCUT2D eigenvalue weighted by Crippen LogP contribution is -2.21. The van der Waals surface area contributed by atoms with Crippen LogP contribution in [-0.2, 0) is 7.05 Å². The van der Waals surface area contributed by atoms with E-state index in [1.54, 1.807) is 11.7 Å². The van der Waals surface area contributed by atoms with E-state index in [2.05, 4.69) is 10.4 Å².